The summed E-state index contributed by atoms with van der Waals surface area (Å²) in [4.78, 5) is 34.9. The molecule has 1 saturated heterocycles. The van der Waals surface area contributed by atoms with Crippen LogP contribution in [0.1, 0.15) is 34.6 Å². The molecule has 8 nitrogen and oxygen atoms in total. The summed E-state index contributed by atoms with van der Waals surface area (Å²) in [6.07, 6.45) is 4.69. The van der Waals surface area contributed by atoms with Crippen LogP contribution < -0.4 is 15.8 Å². The fourth-order valence-electron chi connectivity index (χ4n) is 3.00. The number of rotatable bonds is 3. The monoisotopic (exact) mass is 352 g/mol. The highest BCUT2D eigenvalue weighted by Crippen LogP contribution is 2.15. The molecule has 0 spiro atoms. The highest BCUT2D eigenvalue weighted by molar-refractivity contribution is 5.92. The molecule has 0 bridgehead atoms. The van der Waals surface area contributed by atoms with Gasteiger partial charge in [0, 0.05) is 38.6 Å². The van der Waals surface area contributed by atoms with Crippen molar-refractivity contribution in [3.8, 4) is 6.07 Å². The van der Waals surface area contributed by atoms with E-state index in [4.69, 9.17) is 5.26 Å². The molecule has 3 rings (SSSR count). The molecule has 0 aliphatic carbocycles. The van der Waals surface area contributed by atoms with Gasteiger partial charge < -0.3 is 14.8 Å². The van der Waals surface area contributed by atoms with Crippen LogP contribution in [0.3, 0.4) is 0 Å². The molecule has 2 aromatic rings. The minimum absolute atomic E-state index is 0.0177. The molecule has 8 heteroatoms. The molecule has 3 heterocycles. The zero-order valence-electron chi connectivity index (χ0n) is 14.8. The summed E-state index contributed by atoms with van der Waals surface area (Å²) in [5.41, 5.74) is 1.20. The first kappa shape index (κ1) is 17.6. The molecule has 1 fully saturated rings. The molecule has 0 saturated carbocycles. The van der Waals surface area contributed by atoms with Gasteiger partial charge in [-0.15, -0.1) is 0 Å². The topological polar surface area (TPSA) is 104 Å². The summed E-state index contributed by atoms with van der Waals surface area (Å²) in [5.74, 6) is 0.203. The second-order valence-electron chi connectivity index (χ2n) is 6.34. The van der Waals surface area contributed by atoms with E-state index >= 15 is 0 Å². The van der Waals surface area contributed by atoms with Crippen molar-refractivity contribution in [2.45, 2.75) is 25.8 Å². The molecule has 2 aromatic heterocycles. The second kappa shape index (κ2) is 7.35. The number of carbonyl (C=O) groups is 1. The molecule has 0 atom stereocenters. The number of nitriles is 1. The number of aryl methyl sites for hydroxylation is 2. The van der Waals surface area contributed by atoms with Gasteiger partial charge in [0.15, 0.2) is 5.82 Å². The predicted molar refractivity (Wildman–Crippen MR) is 95.9 cm³/mol. The summed E-state index contributed by atoms with van der Waals surface area (Å²) in [6.45, 7) is 3.01. The van der Waals surface area contributed by atoms with E-state index in [0.29, 0.717) is 35.9 Å². The van der Waals surface area contributed by atoms with Gasteiger partial charge in [-0.1, -0.05) is 0 Å². The van der Waals surface area contributed by atoms with E-state index in [1.54, 1.807) is 38.5 Å². The number of hydrogen-bond donors (Lipinski definition) is 1. The van der Waals surface area contributed by atoms with Crippen LogP contribution in [-0.4, -0.2) is 39.6 Å². The van der Waals surface area contributed by atoms with Crippen molar-refractivity contribution < 1.29 is 4.79 Å². The van der Waals surface area contributed by atoms with Gasteiger partial charge in [0.1, 0.15) is 11.8 Å². The van der Waals surface area contributed by atoms with Gasteiger partial charge in [0.25, 0.3) is 11.5 Å². The normalized spacial score (nSPS) is 14.7. The van der Waals surface area contributed by atoms with Gasteiger partial charge in [-0.2, -0.15) is 5.26 Å². The number of nitrogens with zero attached hydrogens (tertiary/aromatic N) is 5. The maximum absolute atomic E-state index is 12.4. The first-order valence-corrected chi connectivity index (χ1v) is 8.45. The third-order valence-corrected chi connectivity index (χ3v) is 4.57. The van der Waals surface area contributed by atoms with E-state index in [1.807, 2.05) is 11.0 Å². The van der Waals surface area contributed by atoms with Gasteiger partial charge in [-0.25, -0.2) is 9.97 Å². The highest BCUT2D eigenvalue weighted by Gasteiger charge is 2.24. The summed E-state index contributed by atoms with van der Waals surface area (Å²) in [7, 11) is 1.70. The molecule has 0 aromatic carbocycles. The lowest BCUT2D eigenvalue weighted by molar-refractivity contribution is 0.0926. The predicted octanol–water partition coefficient (Wildman–Crippen LogP) is 0.754. The first-order valence-electron chi connectivity index (χ1n) is 8.45. The number of piperidine rings is 1. The average Bonchev–Trinajstić information content (AvgIpc) is 2.64. The van der Waals surface area contributed by atoms with Crippen LogP contribution in [0, 0.1) is 18.3 Å². The summed E-state index contributed by atoms with van der Waals surface area (Å²) in [6, 6.07) is 5.23. The lowest BCUT2D eigenvalue weighted by Gasteiger charge is -2.32. The molecule has 1 N–H and O–H groups in total. The Morgan fingerprint density at radius 2 is 2.08 bits per heavy atom. The lowest BCUT2D eigenvalue weighted by atomic mass is 10.0. The highest BCUT2D eigenvalue weighted by atomic mass is 16.2. The first-order chi connectivity index (χ1) is 12.5. The van der Waals surface area contributed by atoms with Crippen LogP contribution in [0.2, 0.25) is 0 Å². The van der Waals surface area contributed by atoms with Crippen molar-refractivity contribution >= 4 is 11.7 Å². The van der Waals surface area contributed by atoms with Crippen LogP contribution in [0.15, 0.2) is 29.3 Å². The van der Waals surface area contributed by atoms with E-state index in [0.717, 1.165) is 12.8 Å². The van der Waals surface area contributed by atoms with E-state index in [9.17, 15) is 9.59 Å². The Morgan fingerprint density at radius 1 is 1.35 bits per heavy atom. The standard InChI is InChI=1S/C18H20N6O2/c1-12-13(11-19)3-4-15(21-12)17(25)22-14-5-8-24(9-6-14)16-18(26)23(2)10-7-20-16/h3-4,7,10,14H,5-6,8-9H2,1-2H3,(H,22,25). The molecule has 0 radical (unpaired) electrons. The molecule has 1 aliphatic heterocycles. The number of anilines is 1. The van der Waals surface area contributed by atoms with Crippen molar-refractivity contribution in [3.05, 3.63) is 51.8 Å². The number of nitrogens with one attached hydrogen (secondary N) is 1. The second-order valence-corrected chi connectivity index (χ2v) is 6.34. The van der Waals surface area contributed by atoms with Crippen LogP contribution in [0.5, 0.6) is 0 Å². The third-order valence-electron chi connectivity index (χ3n) is 4.57. The van der Waals surface area contributed by atoms with E-state index in [2.05, 4.69) is 15.3 Å². The van der Waals surface area contributed by atoms with Crippen LogP contribution >= 0.6 is 0 Å². The van der Waals surface area contributed by atoms with Crippen molar-refractivity contribution in [1.82, 2.24) is 19.9 Å². The Hall–Kier alpha value is -3.21. The lowest BCUT2D eigenvalue weighted by Crippen LogP contribution is -2.46. The smallest absolute Gasteiger partial charge is 0.293 e. The number of aromatic nitrogens is 3. The molecule has 26 heavy (non-hydrogen) atoms. The summed E-state index contributed by atoms with van der Waals surface area (Å²) >= 11 is 0. The number of hydrogen-bond acceptors (Lipinski definition) is 6. The molecule has 134 valence electrons. The minimum atomic E-state index is -0.246. The summed E-state index contributed by atoms with van der Waals surface area (Å²) in [5, 5.41) is 11.9. The molecule has 0 unspecified atom stereocenters. The van der Waals surface area contributed by atoms with Crippen molar-refractivity contribution in [2.24, 2.45) is 7.05 Å². The quantitative estimate of drug-likeness (QED) is 0.874. The zero-order valence-corrected chi connectivity index (χ0v) is 14.8. The van der Waals surface area contributed by atoms with E-state index in [1.165, 1.54) is 4.57 Å². The largest absolute Gasteiger partial charge is 0.352 e. The number of carbonyl (C=O) groups excluding carboxylic acids is 1. The maximum Gasteiger partial charge on any atom is 0.293 e. The van der Waals surface area contributed by atoms with E-state index < -0.39 is 0 Å². The van der Waals surface area contributed by atoms with Crippen molar-refractivity contribution in [3.63, 3.8) is 0 Å². The van der Waals surface area contributed by atoms with Gasteiger partial charge >= 0.3 is 0 Å². The van der Waals surface area contributed by atoms with Gasteiger partial charge in [-0.05, 0) is 31.9 Å². The molecular weight excluding hydrogens is 332 g/mol. The van der Waals surface area contributed by atoms with Crippen LogP contribution in [-0.2, 0) is 7.05 Å². The van der Waals surface area contributed by atoms with Crippen LogP contribution in [0.4, 0.5) is 5.82 Å². The minimum Gasteiger partial charge on any atom is -0.352 e. The average molecular weight is 352 g/mol. The Kier molecular flexibility index (Phi) is 4.98. The number of pyridine rings is 1. The SMILES string of the molecule is Cc1nc(C(=O)NC2CCN(c3nccn(C)c3=O)CC2)ccc1C#N. The van der Waals surface area contributed by atoms with Crippen molar-refractivity contribution in [1.29, 1.82) is 5.26 Å². The molecule has 1 aliphatic rings. The summed E-state index contributed by atoms with van der Waals surface area (Å²) < 4.78 is 1.51. The maximum atomic E-state index is 12.4. The Labute approximate surface area is 151 Å². The third kappa shape index (κ3) is 3.57. The Morgan fingerprint density at radius 3 is 2.73 bits per heavy atom. The fourth-order valence-corrected chi connectivity index (χ4v) is 3.00. The Bertz CT molecular complexity index is 922. The van der Waals surface area contributed by atoms with Gasteiger partial charge in [-0.3, -0.25) is 9.59 Å². The van der Waals surface area contributed by atoms with Gasteiger partial charge in [0.05, 0.1) is 11.3 Å². The zero-order chi connectivity index (χ0) is 18.7. The fraction of sp³-hybridized carbons (Fsp3) is 0.389. The van der Waals surface area contributed by atoms with Crippen molar-refractivity contribution in [2.75, 3.05) is 18.0 Å². The van der Waals surface area contributed by atoms with Crippen LogP contribution in [0.25, 0.3) is 0 Å². The number of amides is 1. The van der Waals surface area contributed by atoms with E-state index in [-0.39, 0.29) is 17.5 Å². The Balaban J connectivity index is 1.61. The van der Waals surface area contributed by atoms with Gasteiger partial charge in [0.2, 0.25) is 0 Å². The molecular formula is C18H20N6O2. The molecule has 1 amide bonds.